The lowest BCUT2D eigenvalue weighted by Crippen LogP contribution is -2.17. The molecule has 0 saturated carbocycles. The van der Waals surface area contributed by atoms with Crippen LogP contribution in [0.2, 0.25) is 0 Å². The van der Waals surface area contributed by atoms with E-state index in [9.17, 15) is 18.5 Å². The lowest BCUT2D eigenvalue weighted by Gasteiger charge is -2.16. The lowest BCUT2D eigenvalue weighted by atomic mass is 9.96. The van der Waals surface area contributed by atoms with Crippen LogP contribution in [-0.2, 0) is 16.4 Å². The van der Waals surface area contributed by atoms with Crippen molar-refractivity contribution >= 4 is 15.7 Å². The molecular formula is C21H20N2O6S. The standard InChI is InChI=1S/C21H20N2O6S/c1-28-16-9-8-15(20(13-16)29-2)12-18-19(23(24)25)11-10-17(21(18)30(22,26)27)14-6-4-3-5-7-14/h3-11,13H,12H2,1-2H3,(H2,22,26,27). The summed E-state index contributed by atoms with van der Waals surface area (Å²) in [6.07, 6.45) is -0.0735. The molecule has 30 heavy (non-hydrogen) atoms. The predicted octanol–water partition coefficient (Wildman–Crippen LogP) is 3.52. The maximum atomic E-state index is 12.6. The van der Waals surface area contributed by atoms with Gasteiger partial charge in [0.1, 0.15) is 11.5 Å². The number of nitrogens with zero attached hydrogens (tertiary/aromatic N) is 1. The second-order valence-electron chi connectivity index (χ2n) is 6.46. The van der Waals surface area contributed by atoms with Crippen molar-refractivity contribution in [2.75, 3.05) is 14.2 Å². The number of methoxy groups -OCH3 is 2. The summed E-state index contributed by atoms with van der Waals surface area (Å²) in [6, 6.07) is 16.4. The van der Waals surface area contributed by atoms with Crippen LogP contribution in [0.3, 0.4) is 0 Å². The van der Waals surface area contributed by atoms with Crippen molar-refractivity contribution in [1.29, 1.82) is 0 Å². The first-order valence-corrected chi connectivity index (χ1v) is 10.4. The van der Waals surface area contributed by atoms with E-state index in [2.05, 4.69) is 0 Å². The number of nitro groups is 1. The Morgan fingerprint density at radius 1 is 1.00 bits per heavy atom. The normalized spacial score (nSPS) is 11.2. The molecule has 0 radical (unpaired) electrons. The number of hydrogen-bond acceptors (Lipinski definition) is 6. The van der Waals surface area contributed by atoms with Crippen LogP contribution in [0.1, 0.15) is 11.1 Å². The minimum Gasteiger partial charge on any atom is -0.497 e. The topological polar surface area (TPSA) is 122 Å². The zero-order valence-corrected chi connectivity index (χ0v) is 17.2. The number of nitrogens with two attached hydrogens (primary N) is 1. The Morgan fingerprint density at radius 2 is 1.70 bits per heavy atom. The molecule has 0 unspecified atom stereocenters. The molecule has 0 bridgehead atoms. The second-order valence-corrected chi connectivity index (χ2v) is 7.96. The van der Waals surface area contributed by atoms with Gasteiger partial charge in [-0.3, -0.25) is 10.1 Å². The Labute approximate surface area is 174 Å². The summed E-state index contributed by atoms with van der Waals surface area (Å²) in [6.45, 7) is 0. The molecule has 8 nitrogen and oxygen atoms in total. The highest BCUT2D eigenvalue weighted by molar-refractivity contribution is 7.89. The fourth-order valence-electron chi connectivity index (χ4n) is 3.32. The van der Waals surface area contributed by atoms with Crippen molar-refractivity contribution in [2.24, 2.45) is 5.14 Å². The summed E-state index contributed by atoms with van der Waals surface area (Å²) in [5, 5.41) is 17.2. The fourth-order valence-corrected chi connectivity index (χ4v) is 4.33. The van der Waals surface area contributed by atoms with Crippen molar-refractivity contribution in [3.63, 3.8) is 0 Å². The number of rotatable bonds is 7. The van der Waals surface area contributed by atoms with Gasteiger partial charge in [0.15, 0.2) is 0 Å². The van der Waals surface area contributed by atoms with E-state index in [0.717, 1.165) is 0 Å². The summed E-state index contributed by atoms with van der Waals surface area (Å²) >= 11 is 0. The van der Waals surface area contributed by atoms with Gasteiger partial charge in [0.05, 0.1) is 29.6 Å². The molecule has 0 aromatic heterocycles. The first-order chi connectivity index (χ1) is 14.3. The largest absolute Gasteiger partial charge is 0.497 e. The van der Waals surface area contributed by atoms with Gasteiger partial charge >= 0.3 is 0 Å². The summed E-state index contributed by atoms with van der Waals surface area (Å²) in [5.74, 6) is 0.948. The number of hydrogen-bond donors (Lipinski definition) is 1. The third kappa shape index (κ3) is 4.27. The van der Waals surface area contributed by atoms with Gasteiger partial charge in [0.25, 0.3) is 5.69 Å². The van der Waals surface area contributed by atoms with E-state index in [1.807, 2.05) is 0 Å². The molecule has 0 spiro atoms. The van der Waals surface area contributed by atoms with Crippen molar-refractivity contribution in [3.8, 4) is 22.6 Å². The Hall–Kier alpha value is -3.43. The first-order valence-electron chi connectivity index (χ1n) is 8.85. The first kappa shape index (κ1) is 21.3. The van der Waals surface area contributed by atoms with Crippen LogP contribution in [0.25, 0.3) is 11.1 Å². The van der Waals surface area contributed by atoms with Gasteiger partial charge in [-0.15, -0.1) is 0 Å². The van der Waals surface area contributed by atoms with Crippen molar-refractivity contribution in [2.45, 2.75) is 11.3 Å². The average Bonchev–Trinajstić information content (AvgIpc) is 2.73. The van der Waals surface area contributed by atoms with Crippen LogP contribution in [0.15, 0.2) is 65.6 Å². The summed E-state index contributed by atoms with van der Waals surface area (Å²) in [7, 11) is -1.34. The smallest absolute Gasteiger partial charge is 0.274 e. The molecule has 0 aliphatic rings. The maximum absolute atomic E-state index is 12.6. The van der Waals surface area contributed by atoms with E-state index in [4.69, 9.17) is 14.6 Å². The van der Waals surface area contributed by atoms with Gasteiger partial charge in [-0.25, -0.2) is 13.6 Å². The van der Waals surface area contributed by atoms with Gasteiger partial charge in [0, 0.05) is 24.1 Å². The average molecular weight is 428 g/mol. The zero-order chi connectivity index (χ0) is 21.9. The Kier molecular flexibility index (Phi) is 6.04. The van der Waals surface area contributed by atoms with Crippen LogP contribution < -0.4 is 14.6 Å². The van der Waals surface area contributed by atoms with E-state index in [0.29, 0.717) is 28.2 Å². The van der Waals surface area contributed by atoms with Crippen LogP contribution in [0.4, 0.5) is 5.69 Å². The van der Waals surface area contributed by atoms with Crippen molar-refractivity contribution < 1.29 is 22.8 Å². The summed E-state index contributed by atoms with van der Waals surface area (Å²) < 4.78 is 35.7. The van der Waals surface area contributed by atoms with Crippen LogP contribution >= 0.6 is 0 Å². The summed E-state index contributed by atoms with van der Waals surface area (Å²) in [5.41, 5.74) is 1.09. The molecule has 3 aromatic carbocycles. The molecule has 0 saturated heterocycles. The number of benzene rings is 3. The van der Waals surface area contributed by atoms with Gasteiger partial charge < -0.3 is 9.47 Å². The maximum Gasteiger partial charge on any atom is 0.274 e. The highest BCUT2D eigenvalue weighted by Crippen LogP contribution is 2.38. The predicted molar refractivity (Wildman–Crippen MR) is 112 cm³/mol. The molecule has 2 N–H and O–H groups in total. The minimum absolute atomic E-state index is 0.00711. The van der Waals surface area contributed by atoms with E-state index in [-0.39, 0.29) is 22.6 Å². The van der Waals surface area contributed by atoms with Gasteiger partial charge in [-0.05, 0) is 23.3 Å². The quantitative estimate of drug-likeness (QED) is 0.454. The Morgan fingerprint density at radius 3 is 2.27 bits per heavy atom. The third-order valence-electron chi connectivity index (χ3n) is 4.66. The molecule has 156 valence electrons. The minimum atomic E-state index is -4.29. The second kappa shape index (κ2) is 8.52. The van der Waals surface area contributed by atoms with Crippen LogP contribution in [0, 0.1) is 10.1 Å². The molecule has 0 fully saturated rings. The number of ether oxygens (including phenoxy) is 2. The highest BCUT2D eigenvalue weighted by Gasteiger charge is 2.28. The Balaban J connectivity index is 2.31. The highest BCUT2D eigenvalue weighted by atomic mass is 32.2. The number of sulfonamides is 1. The molecule has 3 rings (SSSR count). The van der Waals surface area contributed by atoms with E-state index in [1.165, 1.54) is 26.4 Å². The zero-order valence-electron chi connectivity index (χ0n) is 16.4. The molecular weight excluding hydrogens is 408 g/mol. The van der Waals surface area contributed by atoms with E-state index < -0.39 is 14.9 Å². The van der Waals surface area contributed by atoms with Crippen LogP contribution in [0.5, 0.6) is 11.5 Å². The fraction of sp³-hybridized carbons (Fsp3) is 0.143. The molecule has 0 aliphatic carbocycles. The molecule has 0 atom stereocenters. The Bertz CT molecular complexity index is 1190. The molecule has 0 amide bonds. The number of nitro benzene ring substituents is 1. The molecule has 3 aromatic rings. The number of primary sulfonamides is 1. The van der Waals surface area contributed by atoms with Gasteiger partial charge in [-0.1, -0.05) is 36.4 Å². The molecule has 9 heteroatoms. The van der Waals surface area contributed by atoms with E-state index >= 15 is 0 Å². The molecule has 0 aliphatic heterocycles. The van der Waals surface area contributed by atoms with Crippen molar-refractivity contribution in [1.82, 2.24) is 0 Å². The van der Waals surface area contributed by atoms with Gasteiger partial charge in [0.2, 0.25) is 10.0 Å². The SMILES string of the molecule is COc1ccc(Cc2c([N+](=O)[O-])ccc(-c3ccccc3)c2S(N)(=O)=O)c(OC)c1. The van der Waals surface area contributed by atoms with E-state index in [1.54, 1.807) is 48.5 Å². The molecule has 0 heterocycles. The van der Waals surface area contributed by atoms with Crippen molar-refractivity contribution in [3.05, 3.63) is 81.9 Å². The monoisotopic (exact) mass is 428 g/mol. The third-order valence-corrected chi connectivity index (χ3v) is 5.70. The van der Waals surface area contributed by atoms with Gasteiger partial charge in [-0.2, -0.15) is 0 Å². The summed E-state index contributed by atoms with van der Waals surface area (Å²) in [4.78, 5) is 10.8. The lowest BCUT2D eigenvalue weighted by molar-refractivity contribution is -0.385. The van der Waals surface area contributed by atoms with Crippen LogP contribution in [-0.4, -0.2) is 27.6 Å².